The summed E-state index contributed by atoms with van der Waals surface area (Å²) in [5, 5.41) is 21.7. The van der Waals surface area contributed by atoms with Gasteiger partial charge < -0.3 is 20.4 Å². The van der Waals surface area contributed by atoms with Crippen molar-refractivity contribution in [3.63, 3.8) is 0 Å². The van der Waals surface area contributed by atoms with Crippen molar-refractivity contribution in [2.75, 3.05) is 26.2 Å². The largest absolute Gasteiger partial charge is 0.494 e. The van der Waals surface area contributed by atoms with E-state index in [0.717, 1.165) is 25.5 Å². The number of nitrogens with one attached hydrogen (secondary N) is 2. The summed E-state index contributed by atoms with van der Waals surface area (Å²) >= 11 is 0. The highest BCUT2D eigenvalue weighted by atomic mass is 16.3. The van der Waals surface area contributed by atoms with E-state index < -0.39 is 5.56 Å². The van der Waals surface area contributed by atoms with Crippen LogP contribution in [0.1, 0.15) is 23.2 Å². The summed E-state index contributed by atoms with van der Waals surface area (Å²) in [6.45, 7) is 1.46. The van der Waals surface area contributed by atoms with E-state index in [1.807, 2.05) is 0 Å². The first-order valence-corrected chi connectivity index (χ1v) is 6.67. The number of carbonyl (C=O) groups is 1. The van der Waals surface area contributed by atoms with Gasteiger partial charge in [0, 0.05) is 31.3 Å². The van der Waals surface area contributed by atoms with Crippen molar-refractivity contribution in [3.8, 4) is 5.88 Å². The number of rotatable bonds is 5. The molecule has 7 heteroatoms. The fraction of sp³-hybridized carbons (Fsp3) is 0.538. The lowest BCUT2D eigenvalue weighted by atomic mass is 10.2. The molecule has 1 aromatic rings. The van der Waals surface area contributed by atoms with Gasteiger partial charge in [-0.05, 0) is 19.4 Å². The summed E-state index contributed by atoms with van der Waals surface area (Å²) in [7, 11) is 0. The lowest BCUT2D eigenvalue weighted by Gasteiger charge is -2.25. The van der Waals surface area contributed by atoms with Gasteiger partial charge in [0.05, 0.1) is 12.2 Å². The van der Waals surface area contributed by atoms with Crippen LogP contribution >= 0.6 is 0 Å². The Morgan fingerprint density at radius 3 is 2.85 bits per heavy atom. The van der Waals surface area contributed by atoms with Crippen LogP contribution in [0.4, 0.5) is 0 Å². The van der Waals surface area contributed by atoms with Crippen molar-refractivity contribution in [3.05, 3.63) is 28.0 Å². The first kappa shape index (κ1) is 14.5. The minimum absolute atomic E-state index is 0.123. The first-order valence-electron chi connectivity index (χ1n) is 6.67. The third-order valence-electron chi connectivity index (χ3n) is 3.34. The number of pyridine rings is 1. The number of amides is 1. The maximum absolute atomic E-state index is 12.4. The zero-order valence-electron chi connectivity index (χ0n) is 11.1. The van der Waals surface area contributed by atoms with Crippen LogP contribution in [-0.2, 0) is 0 Å². The summed E-state index contributed by atoms with van der Waals surface area (Å²) < 4.78 is 0. The van der Waals surface area contributed by atoms with Crippen LogP contribution in [0.2, 0.25) is 0 Å². The van der Waals surface area contributed by atoms with E-state index in [1.165, 1.54) is 11.0 Å². The summed E-state index contributed by atoms with van der Waals surface area (Å²) in [4.78, 5) is 27.3. The molecule has 20 heavy (non-hydrogen) atoms. The van der Waals surface area contributed by atoms with Crippen LogP contribution in [0.15, 0.2) is 16.9 Å². The average Bonchev–Trinajstić information content (AvgIpc) is 2.89. The Labute approximate surface area is 116 Å². The molecule has 1 saturated heterocycles. The van der Waals surface area contributed by atoms with Gasteiger partial charge in [-0.1, -0.05) is 0 Å². The number of aromatic nitrogens is 1. The Balaban J connectivity index is 2.14. The molecule has 1 fully saturated rings. The number of aliphatic hydroxyl groups excluding tert-OH is 1. The molecule has 4 N–H and O–H groups in total. The van der Waals surface area contributed by atoms with Gasteiger partial charge in [-0.3, -0.25) is 14.6 Å². The Hall–Kier alpha value is -1.86. The zero-order chi connectivity index (χ0) is 14.5. The number of aromatic hydroxyl groups is 1. The third-order valence-corrected chi connectivity index (χ3v) is 3.34. The molecule has 0 aliphatic carbocycles. The van der Waals surface area contributed by atoms with Gasteiger partial charge in [-0.2, -0.15) is 0 Å². The third kappa shape index (κ3) is 3.58. The molecule has 0 aromatic carbocycles. The average molecular weight is 281 g/mol. The monoisotopic (exact) mass is 281 g/mol. The van der Waals surface area contributed by atoms with Gasteiger partial charge in [0.15, 0.2) is 5.88 Å². The van der Waals surface area contributed by atoms with E-state index in [9.17, 15) is 14.7 Å². The normalized spacial score (nSPS) is 18.1. The number of hydrogen-bond acceptors (Lipinski definition) is 5. The molecule has 1 aromatic heterocycles. The molecule has 1 unspecified atom stereocenters. The SMILES string of the molecule is O=C(c1cc(O)[nH]c(=O)c1)N(CCO)CC1CCCN1. The smallest absolute Gasteiger partial charge is 0.254 e. The fourth-order valence-electron chi connectivity index (χ4n) is 2.41. The van der Waals surface area contributed by atoms with Gasteiger partial charge in [-0.25, -0.2) is 0 Å². The van der Waals surface area contributed by atoms with E-state index in [-0.39, 0.29) is 36.5 Å². The minimum Gasteiger partial charge on any atom is -0.494 e. The lowest BCUT2D eigenvalue weighted by Crippen LogP contribution is -2.42. The molecule has 110 valence electrons. The van der Waals surface area contributed by atoms with Crippen molar-refractivity contribution in [1.29, 1.82) is 0 Å². The van der Waals surface area contributed by atoms with Gasteiger partial charge in [0.1, 0.15) is 0 Å². The first-order chi connectivity index (χ1) is 9.60. The van der Waals surface area contributed by atoms with E-state index in [1.54, 1.807) is 0 Å². The Morgan fingerprint density at radius 1 is 1.45 bits per heavy atom. The molecule has 2 heterocycles. The van der Waals surface area contributed by atoms with Crippen LogP contribution in [0.3, 0.4) is 0 Å². The molecule has 0 bridgehead atoms. The highest BCUT2D eigenvalue weighted by Gasteiger charge is 2.22. The summed E-state index contributed by atoms with van der Waals surface area (Å²) in [6, 6.07) is 2.58. The molecule has 0 spiro atoms. The lowest BCUT2D eigenvalue weighted by molar-refractivity contribution is 0.0706. The predicted octanol–water partition coefficient (Wildman–Crippen LogP) is -0.733. The van der Waals surface area contributed by atoms with Gasteiger partial charge in [0.25, 0.3) is 11.5 Å². The molecular formula is C13H19N3O4. The van der Waals surface area contributed by atoms with Crippen LogP contribution in [0.5, 0.6) is 5.88 Å². The van der Waals surface area contributed by atoms with Crippen LogP contribution in [0.25, 0.3) is 0 Å². The molecule has 1 atom stereocenters. The molecule has 7 nitrogen and oxygen atoms in total. The number of carbonyl (C=O) groups excluding carboxylic acids is 1. The number of aliphatic hydroxyl groups is 1. The highest BCUT2D eigenvalue weighted by molar-refractivity contribution is 5.94. The second kappa shape index (κ2) is 6.53. The number of H-pyrrole nitrogens is 1. The maximum atomic E-state index is 12.4. The quantitative estimate of drug-likeness (QED) is 0.569. The van der Waals surface area contributed by atoms with Crippen molar-refractivity contribution >= 4 is 5.91 Å². The second-order valence-electron chi connectivity index (χ2n) is 4.89. The molecule has 1 aliphatic heterocycles. The van der Waals surface area contributed by atoms with Crippen molar-refractivity contribution in [2.24, 2.45) is 0 Å². The predicted molar refractivity (Wildman–Crippen MR) is 72.7 cm³/mol. The number of nitrogens with zero attached hydrogens (tertiary/aromatic N) is 1. The van der Waals surface area contributed by atoms with E-state index in [2.05, 4.69) is 10.3 Å². The van der Waals surface area contributed by atoms with E-state index >= 15 is 0 Å². The Kier molecular flexibility index (Phi) is 4.75. The second-order valence-corrected chi connectivity index (χ2v) is 4.89. The fourth-order valence-corrected chi connectivity index (χ4v) is 2.41. The maximum Gasteiger partial charge on any atom is 0.254 e. The van der Waals surface area contributed by atoms with Gasteiger partial charge in [-0.15, -0.1) is 0 Å². The molecule has 2 rings (SSSR count). The van der Waals surface area contributed by atoms with Gasteiger partial charge in [0.2, 0.25) is 0 Å². The number of hydrogen-bond donors (Lipinski definition) is 4. The van der Waals surface area contributed by atoms with Crippen molar-refractivity contribution in [2.45, 2.75) is 18.9 Å². The topological polar surface area (TPSA) is 106 Å². The summed E-state index contributed by atoms with van der Waals surface area (Å²) in [5.74, 6) is -0.710. The van der Waals surface area contributed by atoms with Crippen molar-refractivity contribution < 1.29 is 15.0 Å². The zero-order valence-corrected chi connectivity index (χ0v) is 11.1. The summed E-state index contributed by atoms with van der Waals surface area (Å²) in [5.41, 5.74) is -0.408. The Bertz CT molecular complexity index is 523. The standard InChI is InChI=1S/C13H19N3O4/c17-5-4-16(8-10-2-1-3-14-10)13(20)9-6-11(18)15-12(19)7-9/h6-7,10,14,17H,1-5,8H2,(H2,15,18,19). The highest BCUT2D eigenvalue weighted by Crippen LogP contribution is 2.11. The summed E-state index contributed by atoms with van der Waals surface area (Å²) in [6.07, 6.45) is 2.05. The van der Waals surface area contributed by atoms with Gasteiger partial charge >= 0.3 is 0 Å². The number of aromatic amines is 1. The van der Waals surface area contributed by atoms with Crippen molar-refractivity contribution in [1.82, 2.24) is 15.2 Å². The van der Waals surface area contributed by atoms with Crippen LogP contribution in [-0.4, -0.2) is 58.3 Å². The molecule has 1 aliphatic rings. The minimum atomic E-state index is -0.531. The molecule has 0 radical (unpaired) electrons. The van der Waals surface area contributed by atoms with E-state index in [4.69, 9.17) is 5.11 Å². The Morgan fingerprint density at radius 2 is 2.25 bits per heavy atom. The van der Waals surface area contributed by atoms with Crippen LogP contribution < -0.4 is 10.9 Å². The molecule has 1 amide bonds. The van der Waals surface area contributed by atoms with E-state index in [0.29, 0.717) is 6.54 Å². The molecule has 0 saturated carbocycles. The van der Waals surface area contributed by atoms with Crippen LogP contribution in [0, 0.1) is 0 Å². The molecular weight excluding hydrogens is 262 g/mol.